The lowest BCUT2D eigenvalue weighted by molar-refractivity contribution is 0.282. The van der Waals surface area contributed by atoms with Crippen LogP contribution in [0.1, 0.15) is 27.8 Å². The summed E-state index contributed by atoms with van der Waals surface area (Å²) in [6.45, 7) is 9.22. The van der Waals surface area contributed by atoms with Crippen LogP contribution in [0.25, 0.3) is 0 Å². The van der Waals surface area contributed by atoms with E-state index in [4.69, 9.17) is 21.1 Å². The Morgan fingerprint density at radius 3 is 2.57 bits per heavy atom. The van der Waals surface area contributed by atoms with Crippen molar-refractivity contribution in [1.82, 2.24) is 0 Å². The van der Waals surface area contributed by atoms with E-state index in [1.807, 2.05) is 36.4 Å². The number of halogens is 1. The van der Waals surface area contributed by atoms with Gasteiger partial charge in [0.1, 0.15) is 6.61 Å². The molecule has 0 amide bonds. The first-order valence-corrected chi connectivity index (χ1v) is 10.4. The number of anilines is 1. The fourth-order valence-corrected chi connectivity index (χ4v) is 3.54. The molecule has 0 aliphatic heterocycles. The summed E-state index contributed by atoms with van der Waals surface area (Å²) in [7, 11) is 1.66. The predicted octanol–water partition coefficient (Wildman–Crippen LogP) is 6.89. The highest BCUT2D eigenvalue weighted by atomic mass is 35.5. The van der Waals surface area contributed by atoms with Crippen LogP contribution in [0.5, 0.6) is 11.5 Å². The number of allylic oxidation sites excluding steroid dienone is 1. The molecule has 4 heteroatoms. The highest BCUT2D eigenvalue weighted by Gasteiger charge is 2.14. The molecule has 1 N–H and O–H groups in total. The van der Waals surface area contributed by atoms with Crippen LogP contribution in [0.4, 0.5) is 5.69 Å². The number of aryl methyl sites for hydroxylation is 1. The van der Waals surface area contributed by atoms with Gasteiger partial charge >= 0.3 is 0 Å². The van der Waals surface area contributed by atoms with Gasteiger partial charge in [-0.1, -0.05) is 48.0 Å². The second-order valence-electron chi connectivity index (χ2n) is 7.26. The Morgan fingerprint density at radius 2 is 1.83 bits per heavy atom. The molecule has 3 rings (SSSR count). The standard InChI is InChI=1S/C26H28ClNO2/c1-5-9-21-14-20(16-28-24-13-8-10-18(2)19(24)3)15-25(29-4)26(21)30-17-22-11-6-7-12-23(22)27/h5-8,10-15,28H,1,9,16-17H2,2-4H3. The van der Waals surface area contributed by atoms with E-state index in [9.17, 15) is 0 Å². The molecule has 0 saturated carbocycles. The molecule has 0 aliphatic rings. The first-order valence-electron chi connectivity index (χ1n) is 10.0. The maximum atomic E-state index is 6.28. The number of hydrogen-bond donors (Lipinski definition) is 1. The molecule has 0 spiro atoms. The van der Waals surface area contributed by atoms with Crippen LogP contribution in [0.2, 0.25) is 5.02 Å². The summed E-state index contributed by atoms with van der Waals surface area (Å²) in [6, 6.07) is 18.1. The van der Waals surface area contributed by atoms with Gasteiger partial charge in [0, 0.05) is 28.4 Å². The lowest BCUT2D eigenvalue weighted by Gasteiger charge is -2.18. The Hall–Kier alpha value is -2.91. The van der Waals surface area contributed by atoms with E-state index < -0.39 is 0 Å². The largest absolute Gasteiger partial charge is 0.493 e. The van der Waals surface area contributed by atoms with E-state index in [2.05, 4.69) is 50.0 Å². The maximum Gasteiger partial charge on any atom is 0.165 e. The fraction of sp³-hybridized carbons (Fsp3) is 0.231. The summed E-state index contributed by atoms with van der Waals surface area (Å²) in [6.07, 6.45) is 2.56. The molecular weight excluding hydrogens is 394 g/mol. The predicted molar refractivity (Wildman–Crippen MR) is 126 cm³/mol. The summed E-state index contributed by atoms with van der Waals surface area (Å²) in [5.41, 5.74) is 6.76. The summed E-state index contributed by atoms with van der Waals surface area (Å²) in [5.74, 6) is 1.44. The summed E-state index contributed by atoms with van der Waals surface area (Å²) < 4.78 is 11.8. The first kappa shape index (κ1) is 21.8. The average Bonchev–Trinajstić information content (AvgIpc) is 2.75. The molecule has 0 unspecified atom stereocenters. The third-order valence-corrected chi connectivity index (χ3v) is 5.56. The van der Waals surface area contributed by atoms with Crippen LogP contribution in [-0.4, -0.2) is 7.11 Å². The Kier molecular flexibility index (Phi) is 7.42. The second-order valence-corrected chi connectivity index (χ2v) is 7.67. The van der Waals surface area contributed by atoms with Crippen molar-refractivity contribution < 1.29 is 9.47 Å². The second kappa shape index (κ2) is 10.2. The van der Waals surface area contributed by atoms with E-state index in [1.165, 1.54) is 11.1 Å². The number of benzene rings is 3. The first-order chi connectivity index (χ1) is 14.5. The van der Waals surface area contributed by atoms with Crippen molar-refractivity contribution in [3.8, 4) is 11.5 Å². The van der Waals surface area contributed by atoms with E-state index in [0.29, 0.717) is 30.3 Å². The summed E-state index contributed by atoms with van der Waals surface area (Å²) >= 11 is 6.28. The van der Waals surface area contributed by atoms with E-state index >= 15 is 0 Å². The van der Waals surface area contributed by atoms with Crippen LogP contribution in [0, 0.1) is 13.8 Å². The van der Waals surface area contributed by atoms with E-state index in [1.54, 1.807) is 7.11 Å². The lowest BCUT2D eigenvalue weighted by Crippen LogP contribution is -2.06. The van der Waals surface area contributed by atoms with E-state index in [0.717, 1.165) is 28.1 Å². The maximum absolute atomic E-state index is 6.28. The summed E-state index contributed by atoms with van der Waals surface area (Å²) in [5, 5.41) is 4.23. The Labute approximate surface area is 184 Å². The Morgan fingerprint density at radius 1 is 1.03 bits per heavy atom. The molecule has 3 nitrogen and oxygen atoms in total. The minimum Gasteiger partial charge on any atom is -0.493 e. The zero-order valence-electron chi connectivity index (χ0n) is 17.8. The number of ether oxygens (including phenoxy) is 2. The van der Waals surface area contributed by atoms with Gasteiger partial charge in [-0.2, -0.15) is 0 Å². The number of nitrogens with one attached hydrogen (secondary N) is 1. The molecule has 0 heterocycles. The van der Waals surface area contributed by atoms with Crippen molar-refractivity contribution in [2.24, 2.45) is 0 Å². The van der Waals surface area contributed by atoms with Gasteiger partial charge in [-0.3, -0.25) is 0 Å². The van der Waals surface area contributed by atoms with Crippen molar-refractivity contribution in [2.75, 3.05) is 12.4 Å². The van der Waals surface area contributed by atoms with Crippen LogP contribution < -0.4 is 14.8 Å². The van der Waals surface area contributed by atoms with Crippen LogP contribution >= 0.6 is 11.6 Å². The molecular formula is C26H28ClNO2. The van der Waals surface area contributed by atoms with Crippen LogP contribution in [0.15, 0.2) is 67.3 Å². The monoisotopic (exact) mass is 421 g/mol. The number of rotatable bonds is 9. The Bertz CT molecular complexity index is 1030. The molecule has 30 heavy (non-hydrogen) atoms. The average molecular weight is 422 g/mol. The van der Waals surface area contributed by atoms with Gasteiger partial charge in [0.25, 0.3) is 0 Å². The third kappa shape index (κ3) is 5.17. The zero-order valence-corrected chi connectivity index (χ0v) is 18.6. The topological polar surface area (TPSA) is 30.5 Å². The zero-order chi connectivity index (χ0) is 21.5. The Balaban J connectivity index is 1.84. The molecule has 0 atom stereocenters. The minimum atomic E-state index is 0.375. The molecule has 0 fully saturated rings. The number of methoxy groups -OCH3 is 1. The van der Waals surface area contributed by atoms with Gasteiger partial charge in [-0.15, -0.1) is 6.58 Å². The highest BCUT2D eigenvalue weighted by Crippen LogP contribution is 2.35. The van der Waals surface area contributed by atoms with Gasteiger partial charge < -0.3 is 14.8 Å². The van der Waals surface area contributed by atoms with Crippen LogP contribution in [0.3, 0.4) is 0 Å². The normalized spacial score (nSPS) is 10.5. The fourth-order valence-electron chi connectivity index (χ4n) is 3.35. The molecule has 3 aromatic carbocycles. The quantitative estimate of drug-likeness (QED) is 0.382. The van der Waals surface area contributed by atoms with Gasteiger partial charge in [-0.05, 0) is 61.2 Å². The SMILES string of the molecule is C=CCc1cc(CNc2cccc(C)c2C)cc(OC)c1OCc1ccccc1Cl. The third-order valence-electron chi connectivity index (χ3n) is 5.19. The van der Waals surface area contributed by atoms with Crippen molar-refractivity contribution in [3.63, 3.8) is 0 Å². The highest BCUT2D eigenvalue weighted by molar-refractivity contribution is 6.31. The number of hydrogen-bond acceptors (Lipinski definition) is 3. The van der Waals surface area contributed by atoms with Gasteiger partial charge in [0.2, 0.25) is 0 Å². The van der Waals surface area contributed by atoms with Gasteiger partial charge in [-0.25, -0.2) is 0 Å². The molecule has 0 aliphatic carbocycles. The van der Waals surface area contributed by atoms with Crippen molar-refractivity contribution in [2.45, 2.75) is 33.4 Å². The molecule has 0 bridgehead atoms. The van der Waals surface area contributed by atoms with Gasteiger partial charge in [0.15, 0.2) is 11.5 Å². The smallest absolute Gasteiger partial charge is 0.165 e. The molecule has 0 radical (unpaired) electrons. The van der Waals surface area contributed by atoms with Crippen LogP contribution in [-0.2, 0) is 19.6 Å². The van der Waals surface area contributed by atoms with Crippen molar-refractivity contribution >= 4 is 17.3 Å². The molecule has 0 aromatic heterocycles. The molecule has 3 aromatic rings. The van der Waals surface area contributed by atoms with Crippen molar-refractivity contribution in [1.29, 1.82) is 0 Å². The minimum absolute atomic E-state index is 0.375. The van der Waals surface area contributed by atoms with Gasteiger partial charge in [0.05, 0.1) is 7.11 Å². The summed E-state index contributed by atoms with van der Waals surface area (Å²) in [4.78, 5) is 0. The lowest BCUT2D eigenvalue weighted by atomic mass is 10.0. The van der Waals surface area contributed by atoms with E-state index in [-0.39, 0.29) is 0 Å². The molecule has 156 valence electrons. The van der Waals surface area contributed by atoms with Crippen molar-refractivity contribution in [3.05, 3.63) is 100 Å². The molecule has 0 saturated heterocycles.